The fourth-order valence-corrected chi connectivity index (χ4v) is 2.18. The van der Waals surface area contributed by atoms with Gasteiger partial charge in [-0.2, -0.15) is 0 Å². The fourth-order valence-electron chi connectivity index (χ4n) is 2.18. The van der Waals surface area contributed by atoms with Gasteiger partial charge in [0.25, 0.3) is 0 Å². The van der Waals surface area contributed by atoms with E-state index in [1.807, 2.05) is 20.9 Å². The molecule has 0 aromatic heterocycles. The summed E-state index contributed by atoms with van der Waals surface area (Å²) in [6.07, 6.45) is 5.24. The van der Waals surface area contributed by atoms with Crippen molar-refractivity contribution in [3.05, 3.63) is 0 Å². The number of hydrogen-bond acceptors (Lipinski definition) is 2. The maximum atomic E-state index is 11.7. The van der Waals surface area contributed by atoms with Crippen LogP contribution in [-0.2, 0) is 4.79 Å². The molecular formula is C13H26N2O. The molecule has 1 rings (SSSR count). The van der Waals surface area contributed by atoms with Gasteiger partial charge in [-0.3, -0.25) is 4.79 Å². The predicted molar refractivity (Wildman–Crippen MR) is 67.4 cm³/mol. The van der Waals surface area contributed by atoms with Crippen molar-refractivity contribution in [1.29, 1.82) is 0 Å². The molecule has 0 heterocycles. The summed E-state index contributed by atoms with van der Waals surface area (Å²) in [6, 6.07) is 0.290. The van der Waals surface area contributed by atoms with Crippen LogP contribution in [0.2, 0.25) is 0 Å². The van der Waals surface area contributed by atoms with Crippen molar-refractivity contribution in [2.45, 2.75) is 52.5 Å². The highest BCUT2D eigenvalue weighted by molar-refractivity contribution is 5.78. The minimum atomic E-state index is 0.195. The Balaban J connectivity index is 2.22. The molecule has 1 aliphatic carbocycles. The van der Waals surface area contributed by atoms with Crippen molar-refractivity contribution < 1.29 is 4.79 Å². The normalized spacial score (nSPS) is 18.3. The first-order chi connectivity index (χ1) is 7.51. The summed E-state index contributed by atoms with van der Waals surface area (Å²) in [7, 11) is 1.87. The van der Waals surface area contributed by atoms with E-state index in [1.165, 1.54) is 25.7 Å². The van der Waals surface area contributed by atoms with Crippen molar-refractivity contribution >= 4 is 5.91 Å². The zero-order valence-corrected chi connectivity index (χ0v) is 11.2. The summed E-state index contributed by atoms with van der Waals surface area (Å²) in [4.78, 5) is 13.5. The van der Waals surface area contributed by atoms with E-state index in [9.17, 15) is 4.79 Å². The Morgan fingerprint density at radius 3 is 2.44 bits per heavy atom. The van der Waals surface area contributed by atoms with E-state index in [0.29, 0.717) is 12.0 Å². The van der Waals surface area contributed by atoms with E-state index >= 15 is 0 Å². The molecule has 0 radical (unpaired) electrons. The monoisotopic (exact) mass is 226 g/mol. The van der Waals surface area contributed by atoms with Gasteiger partial charge in [0.15, 0.2) is 0 Å². The number of carbonyl (C=O) groups excluding carboxylic acids is 1. The molecule has 0 aromatic carbocycles. The SMILES string of the molecule is CCC1(CNCC(=O)N(C)C(C)C)CCC1. The van der Waals surface area contributed by atoms with Crippen LogP contribution < -0.4 is 5.32 Å². The molecule has 3 heteroatoms. The molecule has 1 aliphatic rings. The number of likely N-dealkylation sites (N-methyl/N-ethyl adjacent to an activating group) is 1. The zero-order chi connectivity index (χ0) is 12.2. The second-order valence-electron chi connectivity index (χ2n) is 5.41. The van der Waals surface area contributed by atoms with E-state index < -0.39 is 0 Å². The van der Waals surface area contributed by atoms with Gasteiger partial charge >= 0.3 is 0 Å². The summed E-state index contributed by atoms with van der Waals surface area (Å²) in [5.41, 5.74) is 0.497. The molecule has 1 saturated carbocycles. The molecule has 16 heavy (non-hydrogen) atoms. The molecule has 1 fully saturated rings. The lowest BCUT2D eigenvalue weighted by molar-refractivity contribution is -0.130. The summed E-state index contributed by atoms with van der Waals surface area (Å²) in [5.74, 6) is 0.195. The minimum absolute atomic E-state index is 0.195. The molecule has 0 saturated heterocycles. The van der Waals surface area contributed by atoms with Crippen LogP contribution in [0, 0.1) is 5.41 Å². The van der Waals surface area contributed by atoms with Crippen LogP contribution >= 0.6 is 0 Å². The van der Waals surface area contributed by atoms with Crippen molar-refractivity contribution in [3.8, 4) is 0 Å². The molecule has 0 bridgehead atoms. The predicted octanol–water partition coefficient (Wildman–Crippen LogP) is 2.02. The van der Waals surface area contributed by atoms with Gasteiger partial charge in [0.05, 0.1) is 6.54 Å². The summed E-state index contributed by atoms with van der Waals surface area (Å²) < 4.78 is 0. The van der Waals surface area contributed by atoms with E-state index in [0.717, 1.165) is 6.54 Å². The highest BCUT2D eigenvalue weighted by Gasteiger charge is 2.34. The van der Waals surface area contributed by atoms with Gasteiger partial charge in [0.1, 0.15) is 0 Å². The quantitative estimate of drug-likeness (QED) is 0.751. The lowest BCUT2D eigenvalue weighted by Gasteiger charge is -2.41. The number of nitrogens with one attached hydrogen (secondary N) is 1. The van der Waals surface area contributed by atoms with Crippen LogP contribution in [0.1, 0.15) is 46.5 Å². The number of amides is 1. The maximum absolute atomic E-state index is 11.7. The molecule has 1 N–H and O–H groups in total. The summed E-state index contributed by atoms with van der Waals surface area (Å²) in [5, 5.41) is 3.32. The lowest BCUT2D eigenvalue weighted by Crippen LogP contribution is -2.44. The molecule has 94 valence electrons. The van der Waals surface area contributed by atoms with Gasteiger partial charge in [0, 0.05) is 19.6 Å². The largest absolute Gasteiger partial charge is 0.342 e. The van der Waals surface area contributed by atoms with Crippen LogP contribution in [0.4, 0.5) is 0 Å². The van der Waals surface area contributed by atoms with Gasteiger partial charge in [-0.25, -0.2) is 0 Å². The third kappa shape index (κ3) is 3.21. The van der Waals surface area contributed by atoms with Crippen molar-refractivity contribution in [3.63, 3.8) is 0 Å². The van der Waals surface area contributed by atoms with Gasteiger partial charge in [0.2, 0.25) is 5.91 Å². The van der Waals surface area contributed by atoms with E-state index in [4.69, 9.17) is 0 Å². The highest BCUT2D eigenvalue weighted by atomic mass is 16.2. The average molecular weight is 226 g/mol. The van der Waals surface area contributed by atoms with Gasteiger partial charge in [-0.05, 0) is 38.5 Å². The molecule has 0 unspecified atom stereocenters. The Morgan fingerprint density at radius 1 is 1.44 bits per heavy atom. The second kappa shape index (κ2) is 5.67. The number of nitrogens with zero attached hydrogens (tertiary/aromatic N) is 1. The first-order valence-corrected chi connectivity index (χ1v) is 6.47. The van der Waals surface area contributed by atoms with Crippen LogP contribution in [0.15, 0.2) is 0 Å². The Bertz CT molecular complexity index is 229. The molecule has 0 spiro atoms. The minimum Gasteiger partial charge on any atom is -0.342 e. The molecule has 1 amide bonds. The second-order valence-corrected chi connectivity index (χ2v) is 5.41. The van der Waals surface area contributed by atoms with Crippen LogP contribution in [0.3, 0.4) is 0 Å². The average Bonchev–Trinajstić information content (AvgIpc) is 2.20. The molecule has 0 atom stereocenters. The van der Waals surface area contributed by atoms with Crippen molar-refractivity contribution in [1.82, 2.24) is 10.2 Å². The fraction of sp³-hybridized carbons (Fsp3) is 0.923. The van der Waals surface area contributed by atoms with Gasteiger partial charge in [-0.15, -0.1) is 0 Å². The topological polar surface area (TPSA) is 32.3 Å². The van der Waals surface area contributed by atoms with Gasteiger partial charge in [-0.1, -0.05) is 13.3 Å². The number of carbonyl (C=O) groups is 1. The van der Waals surface area contributed by atoms with Crippen molar-refractivity contribution in [2.24, 2.45) is 5.41 Å². The molecule has 3 nitrogen and oxygen atoms in total. The molecular weight excluding hydrogens is 200 g/mol. The van der Waals surface area contributed by atoms with E-state index in [1.54, 1.807) is 4.90 Å². The van der Waals surface area contributed by atoms with Gasteiger partial charge < -0.3 is 10.2 Å². The smallest absolute Gasteiger partial charge is 0.236 e. The van der Waals surface area contributed by atoms with E-state index in [2.05, 4.69) is 12.2 Å². The third-order valence-corrected chi connectivity index (χ3v) is 4.11. The highest BCUT2D eigenvalue weighted by Crippen LogP contribution is 2.42. The lowest BCUT2D eigenvalue weighted by atomic mass is 9.67. The van der Waals surface area contributed by atoms with Crippen LogP contribution in [0.25, 0.3) is 0 Å². The summed E-state index contributed by atoms with van der Waals surface area (Å²) in [6.45, 7) is 7.81. The first kappa shape index (κ1) is 13.5. The maximum Gasteiger partial charge on any atom is 0.236 e. The Labute approximate surface area is 99.6 Å². The first-order valence-electron chi connectivity index (χ1n) is 6.47. The Kier molecular flexibility index (Phi) is 4.78. The summed E-state index contributed by atoms with van der Waals surface area (Å²) >= 11 is 0. The van der Waals surface area contributed by atoms with Crippen molar-refractivity contribution in [2.75, 3.05) is 20.1 Å². The Hall–Kier alpha value is -0.570. The Morgan fingerprint density at radius 2 is 2.06 bits per heavy atom. The number of hydrogen-bond donors (Lipinski definition) is 1. The van der Waals surface area contributed by atoms with Crippen LogP contribution in [0.5, 0.6) is 0 Å². The van der Waals surface area contributed by atoms with E-state index in [-0.39, 0.29) is 11.9 Å². The standard InChI is InChI=1S/C13H26N2O/c1-5-13(7-6-8-13)10-14-9-12(16)15(4)11(2)3/h11,14H,5-10H2,1-4H3. The number of rotatable bonds is 6. The third-order valence-electron chi connectivity index (χ3n) is 4.11. The molecule has 0 aliphatic heterocycles. The van der Waals surface area contributed by atoms with Crippen LogP contribution in [-0.4, -0.2) is 37.0 Å². The zero-order valence-electron chi connectivity index (χ0n) is 11.2. The molecule has 0 aromatic rings.